The van der Waals surface area contributed by atoms with Gasteiger partial charge in [-0.2, -0.15) is 5.10 Å². The van der Waals surface area contributed by atoms with Crippen molar-refractivity contribution in [3.05, 3.63) is 72.7 Å². The first-order chi connectivity index (χ1) is 16.6. The highest BCUT2D eigenvalue weighted by molar-refractivity contribution is 7.99. The summed E-state index contributed by atoms with van der Waals surface area (Å²) in [6, 6.07) is 18.8. The van der Waals surface area contributed by atoms with Crippen LogP contribution in [0.2, 0.25) is 0 Å². The molecule has 2 aromatic heterocycles. The lowest BCUT2D eigenvalue weighted by atomic mass is 10.2. The fourth-order valence-corrected chi connectivity index (χ4v) is 3.93. The highest BCUT2D eigenvalue weighted by Gasteiger charge is 2.18. The van der Waals surface area contributed by atoms with Gasteiger partial charge in [0, 0.05) is 11.3 Å². The van der Waals surface area contributed by atoms with Gasteiger partial charge in [-0.25, -0.2) is 5.43 Å². The van der Waals surface area contributed by atoms with Crippen LogP contribution < -0.4 is 14.9 Å². The second-order valence-corrected chi connectivity index (χ2v) is 7.99. The Balaban J connectivity index is 1.58. The Labute approximate surface area is 200 Å². The topological polar surface area (TPSA) is 104 Å². The molecular formula is C24H23N5O4S. The summed E-state index contributed by atoms with van der Waals surface area (Å²) >= 11 is 1.26. The third-order valence-corrected chi connectivity index (χ3v) is 5.78. The first kappa shape index (κ1) is 23.1. The normalized spacial score (nSPS) is 11.3. The Hall–Kier alpha value is -4.05. The van der Waals surface area contributed by atoms with E-state index in [9.17, 15) is 4.79 Å². The summed E-state index contributed by atoms with van der Waals surface area (Å²) in [5.74, 6) is 2.24. The number of para-hydroxylation sites is 1. The standard InChI is InChI=1S/C24H23N5O4S/c1-16(19-10-7-13-33-19)25-26-22(30)15-34-24-28-27-23(29(24)18-8-5-4-6-9-18)17-11-12-20(31-2)21(14-17)32-3/h4-14H,15H2,1-3H3,(H,26,30)/b25-16-. The van der Waals surface area contributed by atoms with Gasteiger partial charge >= 0.3 is 0 Å². The van der Waals surface area contributed by atoms with E-state index in [1.807, 2.05) is 53.1 Å². The molecular weight excluding hydrogens is 454 g/mol. The zero-order valence-corrected chi connectivity index (χ0v) is 19.7. The summed E-state index contributed by atoms with van der Waals surface area (Å²) in [5.41, 5.74) is 4.79. The van der Waals surface area contributed by atoms with Gasteiger partial charge in [-0.15, -0.1) is 10.2 Å². The fourth-order valence-electron chi connectivity index (χ4n) is 3.18. The zero-order valence-electron chi connectivity index (χ0n) is 18.9. The van der Waals surface area contributed by atoms with Gasteiger partial charge in [-0.05, 0) is 49.4 Å². The Morgan fingerprint density at radius 1 is 1.06 bits per heavy atom. The molecule has 0 unspecified atom stereocenters. The molecule has 2 heterocycles. The van der Waals surface area contributed by atoms with Gasteiger partial charge in [0.1, 0.15) is 11.5 Å². The van der Waals surface area contributed by atoms with Crippen molar-refractivity contribution in [2.75, 3.05) is 20.0 Å². The van der Waals surface area contributed by atoms with Crippen molar-refractivity contribution < 1.29 is 18.7 Å². The van der Waals surface area contributed by atoms with Gasteiger partial charge in [0.2, 0.25) is 0 Å². The predicted molar refractivity (Wildman–Crippen MR) is 130 cm³/mol. The average Bonchev–Trinajstić information content (AvgIpc) is 3.56. The Morgan fingerprint density at radius 2 is 1.85 bits per heavy atom. The first-order valence-electron chi connectivity index (χ1n) is 10.3. The number of benzene rings is 2. The van der Waals surface area contributed by atoms with Gasteiger partial charge < -0.3 is 13.9 Å². The van der Waals surface area contributed by atoms with Crippen molar-refractivity contribution in [3.8, 4) is 28.6 Å². The molecule has 4 rings (SSSR count). The Morgan fingerprint density at radius 3 is 2.56 bits per heavy atom. The van der Waals surface area contributed by atoms with Crippen LogP contribution in [0.4, 0.5) is 0 Å². The molecule has 1 N–H and O–H groups in total. The minimum absolute atomic E-state index is 0.103. The highest BCUT2D eigenvalue weighted by atomic mass is 32.2. The molecule has 10 heteroatoms. The molecule has 0 atom stereocenters. The van der Waals surface area contributed by atoms with E-state index in [1.54, 1.807) is 39.5 Å². The zero-order chi connectivity index (χ0) is 23.9. The molecule has 2 aromatic carbocycles. The average molecular weight is 478 g/mol. The van der Waals surface area contributed by atoms with E-state index in [0.717, 1.165) is 11.3 Å². The van der Waals surface area contributed by atoms with Crippen molar-refractivity contribution in [3.63, 3.8) is 0 Å². The number of hydrogen-bond acceptors (Lipinski definition) is 8. The largest absolute Gasteiger partial charge is 0.493 e. The van der Waals surface area contributed by atoms with Crippen LogP contribution in [0.15, 0.2) is 81.6 Å². The number of thioether (sulfide) groups is 1. The molecule has 0 aliphatic carbocycles. The number of amides is 1. The van der Waals surface area contributed by atoms with Crippen LogP contribution in [0.25, 0.3) is 17.1 Å². The van der Waals surface area contributed by atoms with E-state index >= 15 is 0 Å². The number of methoxy groups -OCH3 is 2. The van der Waals surface area contributed by atoms with Crippen molar-refractivity contribution in [2.24, 2.45) is 5.10 Å². The molecule has 0 aliphatic rings. The van der Waals surface area contributed by atoms with Crippen LogP contribution in [0.5, 0.6) is 11.5 Å². The van der Waals surface area contributed by atoms with Crippen molar-refractivity contribution in [2.45, 2.75) is 12.1 Å². The molecule has 0 fully saturated rings. The number of carbonyl (C=O) groups is 1. The maximum Gasteiger partial charge on any atom is 0.250 e. The van der Waals surface area contributed by atoms with Crippen molar-refractivity contribution >= 4 is 23.4 Å². The van der Waals surface area contributed by atoms with Crippen LogP contribution in [0.1, 0.15) is 12.7 Å². The maximum atomic E-state index is 12.4. The van der Waals surface area contributed by atoms with E-state index in [4.69, 9.17) is 13.9 Å². The summed E-state index contributed by atoms with van der Waals surface area (Å²) in [6.45, 7) is 1.76. The molecule has 0 spiro atoms. The quantitative estimate of drug-likeness (QED) is 0.219. The molecule has 9 nitrogen and oxygen atoms in total. The van der Waals surface area contributed by atoms with Crippen LogP contribution in [-0.4, -0.2) is 46.4 Å². The van der Waals surface area contributed by atoms with E-state index < -0.39 is 0 Å². The van der Waals surface area contributed by atoms with Gasteiger partial charge in [-0.1, -0.05) is 30.0 Å². The minimum atomic E-state index is -0.272. The highest BCUT2D eigenvalue weighted by Crippen LogP contribution is 2.34. The second-order valence-electron chi connectivity index (χ2n) is 7.05. The van der Waals surface area contributed by atoms with Crippen LogP contribution in [0, 0.1) is 0 Å². The second kappa shape index (κ2) is 10.7. The van der Waals surface area contributed by atoms with Crippen molar-refractivity contribution in [1.29, 1.82) is 0 Å². The SMILES string of the molecule is COc1ccc(-c2nnc(SCC(=O)N/N=C(/C)c3ccco3)n2-c2ccccc2)cc1OC. The maximum absolute atomic E-state index is 12.4. The molecule has 0 radical (unpaired) electrons. The van der Waals surface area contributed by atoms with Crippen LogP contribution in [0.3, 0.4) is 0 Å². The molecule has 4 aromatic rings. The van der Waals surface area contributed by atoms with Crippen molar-refractivity contribution in [1.82, 2.24) is 20.2 Å². The summed E-state index contributed by atoms with van der Waals surface area (Å²) < 4.78 is 18.0. The van der Waals surface area contributed by atoms with Gasteiger partial charge in [0.25, 0.3) is 5.91 Å². The molecule has 0 aliphatic heterocycles. The van der Waals surface area contributed by atoms with E-state index in [-0.39, 0.29) is 11.7 Å². The van der Waals surface area contributed by atoms with E-state index in [0.29, 0.717) is 34.0 Å². The van der Waals surface area contributed by atoms with Gasteiger partial charge in [0.05, 0.1) is 26.2 Å². The number of rotatable bonds is 9. The summed E-state index contributed by atoms with van der Waals surface area (Å²) in [6.07, 6.45) is 1.55. The number of nitrogens with one attached hydrogen (secondary N) is 1. The lowest BCUT2D eigenvalue weighted by Crippen LogP contribution is -2.21. The lowest BCUT2D eigenvalue weighted by Gasteiger charge is -2.12. The summed E-state index contributed by atoms with van der Waals surface area (Å²) in [4.78, 5) is 12.4. The number of hydrazone groups is 1. The lowest BCUT2D eigenvalue weighted by molar-refractivity contribution is -0.118. The monoisotopic (exact) mass is 477 g/mol. The molecule has 174 valence electrons. The Kier molecular flexibility index (Phi) is 7.28. The first-order valence-corrected chi connectivity index (χ1v) is 11.3. The summed E-state index contributed by atoms with van der Waals surface area (Å²) in [5, 5.41) is 13.4. The number of ether oxygens (including phenoxy) is 2. The van der Waals surface area contributed by atoms with Crippen LogP contribution >= 0.6 is 11.8 Å². The molecule has 0 bridgehead atoms. The van der Waals surface area contributed by atoms with Crippen LogP contribution in [-0.2, 0) is 4.79 Å². The molecule has 34 heavy (non-hydrogen) atoms. The smallest absolute Gasteiger partial charge is 0.250 e. The molecule has 0 saturated heterocycles. The third kappa shape index (κ3) is 5.12. The van der Waals surface area contributed by atoms with E-state index in [2.05, 4.69) is 20.7 Å². The number of nitrogens with zero attached hydrogens (tertiary/aromatic N) is 4. The number of carbonyl (C=O) groups excluding carboxylic acids is 1. The van der Waals surface area contributed by atoms with Gasteiger partial charge in [-0.3, -0.25) is 9.36 Å². The van der Waals surface area contributed by atoms with Gasteiger partial charge in [0.15, 0.2) is 22.5 Å². The fraction of sp³-hybridized carbons (Fsp3) is 0.167. The Bertz CT molecular complexity index is 1290. The van der Waals surface area contributed by atoms with E-state index in [1.165, 1.54) is 11.8 Å². The third-order valence-electron chi connectivity index (χ3n) is 4.85. The number of aromatic nitrogens is 3. The number of hydrogen-bond donors (Lipinski definition) is 1. The minimum Gasteiger partial charge on any atom is -0.493 e. The molecule has 0 saturated carbocycles. The summed E-state index contributed by atoms with van der Waals surface area (Å²) in [7, 11) is 3.17. The number of furan rings is 1. The predicted octanol–water partition coefficient (Wildman–Crippen LogP) is 4.18. The molecule has 1 amide bonds.